The minimum absolute atomic E-state index is 0.00711. The molecule has 0 spiro atoms. The molecule has 1 unspecified atom stereocenters. The van der Waals surface area contributed by atoms with Gasteiger partial charge in [-0.2, -0.15) is 0 Å². The number of carbonyl (C=O) groups is 4. The average molecular weight is 456 g/mol. The summed E-state index contributed by atoms with van der Waals surface area (Å²) in [4.78, 5) is 51.2. The Balaban J connectivity index is 2.13. The van der Waals surface area contributed by atoms with Crippen molar-refractivity contribution in [3.05, 3.63) is 5.82 Å². The van der Waals surface area contributed by atoms with Gasteiger partial charge in [0.25, 0.3) is 0 Å². The van der Waals surface area contributed by atoms with Crippen LogP contribution in [0.25, 0.3) is 0 Å². The number of hydrogen-bond donors (Lipinski definition) is 0. The van der Waals surface area contributed by atoms with E-state index in [1.54, 1.807) is 48.6 Å². The molecule has 1 fully saturated rings. The van der Waals surface area contributed by atoms with Crippen molar-refractivity contribution in [1.82, 2.24) is 30.0 Å². The topological polar surface area (TPSA) is 155 Å². The quantitative estimate of drug-likeness (QED) is 0.450. The minimum atomic E-state index is -1.16. The number of amides is 2. The third kappa shape index (κ3) is 7.06. The standard InChI is InChI=1S/C18H28N6O8/c1-17(2,3)31-15(27)29-13(25)23-8-9-24(11(10-23)12-19-20-21-22(12)7)14(26)30-16(28)32-18(4,5)6/h11H,8-10H2,1-7H3. The maximum Gasteiger partial charge on any atom is 0.517 e. The number of hydrogen-bond acceptors (Lipinski definition) is 11. The van der Waals surface area contributed by atoms with Crippen molar-refractivity contribution in [1.29, 1.82) is 0 Å². The van der Waals surface area contributed by atoms with Gasteiger partial charge >= 0.3 is 24.5 Å². The normalized spacial score (nSPS) is 16.9. The summed E-state index contributed by atoms with van der Waals surface area (Å²) in [6.07, 6.45) is -4.26. The molecule has 2 amide bonds. The maximum absolute atomic E-state index is 12.6. The first-order valence-electron chi connectivity index (χ1n) is 9.79. The summed E-state index contributed by atoms with van der Waals surface area (Å²) in [7, 11) is 1.55. The van der Waals surface area contributed by atoms with Gasteiger partial charge in [0.2, 0.25) is 0 Å². The zero-order valence-corrected chi connectivity index (χ0v) is 19.1. The molecule has 2 rings (SSSR count). The van der Waals surface area contributed by atoms with Crippen molar-refractivity contribution in [2.45, 2.75) is 58.8 Å². The molecule has 2 heterocycles. The van der Waals surface area contributed by atoms with Crippen molar-refractivity contribution in [2.24, 2.45) is 7.05 Å². The molecular formula is C18H28N6O8. The van der Waals surface area contributed by atoms with Gasteiger partial charge < -0.3 is 23.8 Å². The van der Waals surface area contributed by atoms with E-state index in [0.29, 0.717) is 0 Å². The first-order chi connectivity index (χ1) is 14.7. The van der Waals surface area contributed by atoms with Gasteiger partial charge in [-0.15, -0.1) is 5.10 Å². The van der Waals surface area contributed by atoms with Crippen LogP contribution < -0.4 is 0 Å². The SMILES string of the molecule is Cn1nnnc1C1CN(C(=O)OC(=O)OC(C)(C)C)CCN1C(=O)OC(=O)OC(C)(C)C. The van der Waals surface area contributed by atoms with Crippen LogP contribution in [-0.2, 0) is 26.0 Å². The summed E-state index contributed by atoms with van der Waals surface area (Å²) < 4.78 is 20.8. The lowest BCUT2D eigenvalue weighted by Crippen LogP contribution is -2.53. The van der Waals surface area contributed by atoms with E-state index in [4.69, 9.17) is 18.9 Å². The molecule has 32 heavy (non-hydrogen) atoms. The molecule has 14 nitrogen and oxygen atoms in total. The Bertz CT molecular complexity index is 872. The highest BCUT2D eigenvalue weighted by Gasteiger charge is 2.39. The highest BCUT2D eigenvalue weighted by Crippen LogP contribution is 2.25. The van der Waals surface area contributed by atoms with Crippen LogP contribution in [0.15, 0.2) is 0 Å². The van der Waals surface area contributed by atoms with Gasteiger partial charge in [-0.3, -0.25) is 4.90 Å². The zero-order valence-electron chi connectivity index (χ0n) is 19.1. The third-order valence-corrected chi connectivity index (χ3v) is 3.94. The van der Waals surface area contributed by atoms with Gasteiger partial charge in [-0.1, -0.05) is 0 Å². The molecule has 1 atom stereocenters. The van der Waals surface area contributed by atoms with Gasteiger partial charge in [-0.05, 0) is 52.0 Å². The molecule has 0 aliphatic carbocycles. The number of nitrogens with zero attached hydrogens (tertiary/aromatic N) is 6. The number of carbonyl (C=O) groups excluding carboxylic acids is 4. The van der Waals surface area contributed by atoms with E-state index in [-0.39, 0.29) is 25.5 Å². The monoisotopic (exact) mass is 456 g/mol. The van der Waals surface area contributed by atoms with Gasteiger partial charge in [-0.25, -0.2) is 23.9 Å². The van der Waals surface area contributed by atoms with Gasteiger partial charge in [0.1, 0.15) is 17.2 Å². The average Bonchev–Trinajstić information content (AvgIpc) is 3.03. The van der Waals surface area contributed by atoms with Gasteiger partial charge in [0.05, 0.1) is 6.54 Å². The second-order valence-corrected chi connectivity index (χ2v) is 8.98. The lowest BCUT2D eigenvalue weighted by Gasteiger charge is -2.38. The number of piperazine rings is 1. The van der Waals surface area contributed by atoms with Crippen LogP contribution >= 0.6 is 0 Å². The van der Waals surface area contributed by atoms with Crippen molar-refractivity contribution >= 4 is 24.5 Å². The van der Waals surface area contributed by atoms with E-state index >= 15 is 0 Å². The van der Waals surface area contributed by atoms with Crippen molar-refractivity contribution in [3.63, 3.8) is 0 Å². The molecule has 1 saturated heterocycles. The molecule has 0 saturated carbocycles. The molecule has 14 heteroatoms. The fourth-order valence-electron chi connectivity index (χ4n) is 2.71. The van der Waals surface area contributed by atoms with Crippen molar-refractivity contribution < 1.29 is 38.1 Å². The summed E-state index contributed by atoms with van der Waals surface area (Å²) in [6.45, 7) is 9.58. The van der Waals surface area contributed by atoms with E-state index in [0.717, 1.165) is 0 Å². The highest BCUT2D eigenvalue weighted by atomic mass is 16.8. The van der Waals surface area contributed by atoms with Crippen LogP contribution in [0.4, 0.5) is 19.2 Å². The molecule has 0 bridgehead atoms. The molecule has 0 N–H and O–H groups in total. The summed E-state index contributed by atoms with van der Waals surface area (Å²) in [5.41, 5.74) is -1.69. The van der Waals surface area contributed by atoms with Crippen molar-refractivity contribution in [2.75, 3.05) is 19.6 Å². The Hall–Kier alpha value is -3.45. The molecule has 0 radical (unpaired) electrons. The first-order valence-corrected chi connectivity index (χ1v) is 9.79. The predicted octanol–water partition coefficient (Wildman–Crippen LogP) is 2.01. The van der Waals surface area contributed by atoms with Crippen LogP contribution in [0.1, 0.15) is 53.4 Å². The Kier molecular flexibility index (Phi) is 7.26. The van der Waals surface area contributed by atoms with E-state index in [1.165, 1.54) is 14.5 Å². The third-order valence-electron chi connectivity index (χ3n) is 3.94. The Labute approximate surface area is 184 Å². The van der Waals surface area contributed by atoms with Gasteiger partial charge in [0, 0.05) is 20.1 Å². The predicted molar refractivity (Wildman–Crippen MR) is 105 cm³/mol. The van der Waals surface area contributed by atoms with E-state index < -0.39 is 41.7 Å². The van der Waals surface area contributed by atoms with E-state index in [1.807, 2.05) is 0 Å². The highest BCUT2D eigenvalue weighted by molar-refractivity contribution is 5.82. The van der Waals surface area contributed by atoms with E-state index in [2.05, 4.69) is 15.5 Å². The number of aryl methyl sites for hydroxylation is 1. The number of ether oxygens (including phenoxy) is 4. The molecular weight excluding hydrogens is 428 g/mol. The molecule has 1 aliphatic heterocycles. The van der Waals surface area contributed by atoms with Crippen LogP contribution in [0, 0.1) is 0 Å². The number of aromatic nitrogens is 4. The van der Waals surface area contributed by atoms with Crippen LogP contribution in [-0.4, -0.2) is 85.3 Å². The van der Waals surface area contributed by atoms with Crippen LogP contribution in [0.2, 0.25) is 0 Å². The van der Waals surface area contributed by atoms with Crippen LogP contribution in [0.5, 0.6) is 0 Å². The Morgan fingerprint density at radius 2 is 1.41 bits per heavy atom. The minimum Gasteiger partial charge on any atom is -0.428 e. The first kappa shape index (κ1) is 24.8. The van der Waals surface area contributed by atoms with Gasteiger partial charge in [0.15, 0.2) is 5.82 Å². The molecule has 1 aromatic heterocycles. The number of rotatable bonds is 1. The molecule has 178 valence electrons. The summed E-state index contributed by atoms with van der Waals surface area (Å²) in [6, 6.07) is -0.884. The lowest BCUT2D eigenvalue weighted by molar-refractivity contribution is -0.0134. The smallest absolute Gasteiger partial charge is 0.428 e. The number of tetrazole rings is 1. The largest absolute Gasteiger partial charge is 0.517 e. The second-order valence-electron chi connectivity index (χ2n) is 8.98. The maximum atomic E-state index is 12.6. The molecule has 1 aromatic rings. The second kappa shape index (κ2) is 9.36. The fraction of sp³-hybridized carbons (Fsp3) is 0.722. The molecule has 1 aliphatic rings. The zero-order chi connectivity index (χ0) is 24.3. The van der Waals surface area contributed by atoms with E-state index in [9.17, 15) is 19.2 Å². The Morgan fingerprint density at radius 1 is 0.875 bits per heavy atom. The van der Waals surface area contributed by atoms with Crippen molar-refractivity contribution in [3.8, 4) is 0 Å². The Morgan fingerprint density at radius 3 is 1.88 bits per heavy atom. The summed E-state index contributed by atoms with van der Waals surface area (Å²) in [5.74, 6) is 0.223. The lowest BCUT2D eigenvalue weighted by atomic mass is 10.1. The summed E-state index contributed by atoms with van der Waals surface area (Å²) >= 11 is 0. The molecule has 0 aromatic carbocycles. The fourth-order valence-corrected chi connectivity index (χ4v) is 2.71. The summed E-state index contributed by atoms with van der Waals surface area (Å²) in [5, 5.41) is 11.2. The van der Waals surface area contributed by atoms with Crippen LogP contribution in [0.3, 0.4) is 0 Å².